The molecule has 1 nitrogen and oxygen atoms in total. The normalized spacial score (nSPS) is 12.6. The molecule has 3 rings (SSSR count). The van der Waals surface area contributed by atoms with Crippen LogP contribution in [0, 0.1) is 5.92 Å². The average Bonchev–Trinajstić information content (AvgIpc) is 2.61. The van der Waals surface area contributed by atoms with E-state index in [1.165, 1.54) is 16.3 Å². The number of rotatable bonds is 6. The summed E-state index contributed by atoms with van der Waals surface area (Å²) in [6.45, 7) is 2.95. The van der Waals surface area contributed by atoms with Crippen LogP contribution >= 0.6 is 0 Å². The molecule has 0 aromatic heterocycles. The van der Waals surface area contributed by atoms with Gasteiger partial charge in [-0.05, 0) is 29.4 Å². The summed E-state index contributed by atoms with van der Waals surface area (Å²) in [5.74, 6) is 1.45. The predicted molar refractivity (Wildman–Crippen MR) is 98.7 cm³/mol. The third-order valence-corrected chi connectivity index (χ3v) is 3.92. The highest BCUT2D eigenvalue weighted by atomic mass is 16.5. The van der Waals surface area contributed by atoms with Crippen molar-refractivity contribution in [3.63, 3.8) is 0 Å². The Kier molecular flexibility index (Phi) is 5.10. The molecule has 0 bridgehead atoms. The van der Waals surface area contributed by atoms with Crippen LogP contribution in [0.3, 0.4) is 0 Å². The van der Waals surface area contributed by atoms with Crippen molar-refractivity contribution < 1.29 is 4.74 Å². The van der Waals surface area contributed by atoms with Gasteiger partial charge in [-0.1, -0.05) is 85.8 Å². The Morgan fingerprint density at radius 3 is 2.48 bits per heavy atom. The second-order valence-corrected chi connectivity index (χ2v) is 5.94. The van der Waals surface area contributed by atoms with E-state index in [4.69, 9.17) is 4.74 Å². The van der Waals surface area contributed by atoms with E-state index in [1.807, 2.05) is 6.07 Å². The first-order valence-corrected chi connectivity index (χ1v) is 8.15. The fourth-order valence-corrected chi connectivity index (χ4v) is 2.62. The Hall–Kier alpha value is -2.54. The summed E-state index contributed by atoms with van der Waals surface area (Å²) in [6.07, 6.45) is 5.42. The molecule has 0 heterocycles. The van der Waals surface area contributed by atoms with E-state index in [1.54, 1.807) is 0 Å². The highest BCUT2D eigenvalue weighted by Crippen LogP contribution is 2.25. The van der Waals surface area contributed by atoms with Crippen LogP contribution < -0.4 is 4.74 Å². The van der Waals surface area contributed by atoms with Crippen LogP contribution in [0.25, 0.3) is 16.8 Å². The third kappa shape index (κ3) is 4.23. The van der Waals surface area contributed by atoms with Crippen LogP contribution in [0.5, 0.6) is 5.75 Å². The molecule has 0 spiro atoms. The summed E-state index contributed by atoms with van der Waals surface area (Å²) < 4.78 is 6.05. The Labute approximate surface area is 138 Å². The molecule has 3 aromatic carbocycles. The molecule has 0 radical (unpaired) electrons. The van der Waals surface area contributed by atoms with E-state index in [0.717, 1.165) is 18.8 Å². The van der Waals surface area contributed by atoms with E-state index in [9.17, 15) is 0 Å². The molecular weight excluding hydrogens is 280 g/mol. The second-order valence-electron chi connectivity index (χ2n) is 5.94. The molecule has 0 aliphatic heterocycles. The number of fused-ring (bicyclic) bond motifs is 1. The Bertz CT molecular complexity index is 769. The maximum absolute atomic E-state index is 6.05. The smallest absolute Gasteiger partial charge is 0.127 e. The van der Waals surface area contributed by atoms with Gasteiger partial charge in [0.2, 0.25) is 0 Å². The van der Waals surface area contributed by atoms with Gasteiger partial charge in [0.05, 0.1) is 6.61 Å². The van der Waals surface area contributed by atoms with Gasteiger partial charge in [-0.15, -0.1) is 0 Å². The highest BCUT2D eigenvalue weighted by molar-refractivity contribution is 5.88. The molecule has 0 fully saturated rings. The number of ether oxygens (including phenoxy) is 1. The summed E-state index contributed by atoms with van der Waals surface area (Å²) in [5.41, 5.74) is 1.25. The minimum absolute atomic E-state index is 0.480. The van der Waals surface area contributed by atoms with Crippen LogP contribution in [0.2, 0.25) is 0 Å². The summed E-state index contributed by atoms with van der Waals surface area (Å²) in [7, 11) is 0. The molecule has 0 aliphatic rings. The van der Waals surface area contributed by atoms with E-state index >= 15 is 0 Å². The van der Waals surface area contributed by atoms with Crippen molar-refractivity contribution in [2.75, 3.05) is 6.61 Å². The molecule has 0 amide bonds. The first kappa shape index (κ1) is 15.4. The number of allylic oxidation sites excluding steroid dienone is 1. The monoisotopic (exact) mass is 302 g/mol. The van der Waals surface area contributed by atoms with Crippen molar-refractivity contribution in [2.24, 2.45) is 5.92 Å². The minimum Gasteiger partial charge on any atom is -0.493 e. The van der Waals surface area contributed by atoms with E-state index in [-0.39, 0.29) is 0 Å². The van der Waals surface area contributed by atoms with E-state index < -0.39 is 0 Å². The van der Waals surface area contributed by atoms with Gasteiger partial charge >= 0.3 is 0 Å². The lowest BCUT2D eigenvalue weighted by atomic mass is 10.1. The SMILES string of the molecule is CC(C/C=C/c1ccccc1)COc1cccc2ccccc12. The van der Waals surface area contributed by atoms with E-state index in [0.29, 0.717) is 5.92 Å². The molecule has 1 heteroatoms. The minimum atomic E-state index is 0.480. The van der Waals surface area contributed by atoms with Gasteiger partial charge in [0.15, 0.2) is 0 Å². The van der Waals surface area contributed by atoms with Gasteiger partial charge in [-0.3, -0.25) is 0 Å². The lowest BCUT2D eigenvalue weighted by Crippen LogP contribution is -2.07. The lowest BCUT2D eigenvalue weighted by Gasteiger charge is -2.13. The van der Waals surface area contributed by atoms with Crippen LogP contribution in [-0.2, 0) is 0 Å². The van der Waals surface area contributed by atoms with Crippen LogP contribution in [0.15, 0.2) is 78.9 Å². The van der Waals surface area contributed by atoms with E-state index in [2.05, 4.69) is 85.8 Å². The standard InChI is InChI=1S/C22H22O/c1-18(9-7-12-19-10-3-2-4-11-19)17-23-22-16-8-14-20-13-5-6-15-21(20)22/h2-8,10-16,18H,9,17H2,1H3/b12-7+. The molecule has 3 aromatic rings. The average molecular weight is 302 g/mol. The van der Waals surface area contributed by atoms with Crippen LogP contribution in [0.4, 0.5) is 0 Å². The molecular formula is C22H22O. The quantitative estimate of drug-likeness (QED) is 0.546. The van der Waals surface area contributed by atoms with Gasteiger partial charge in [-0.2, -0.15) is 0 Å². The molecule has 23 heavy (non-hydrogen) atoms. The Morgan fingerprint density at radius 1 is 0.870 bits per heavy atom. The van der Waals surface area contributed by atoms with Gasteiger partial charge < -0.3 is 4.74 Å². The van der Waals surface area contributed by atoms with Crippen molar-refractivity contribution in [1.82, 2.24) is 0 Å². The van der Waals surface area contributed by atoms with Gasteiger partial charge in [0.1, 0.15) is 5.75 Å². The molecule has 0 N–H and O–H groups in total. The lowest BCUT2D eigenvalue weighted by molar-refractivity contribution is 0.264. The number of benzene rings is 3. The summed E-state index contributed by atoms with van der Waals surface area (Å²) in [5, 5.41) is 2.41. The van der Waals surface area contributed by atoms with Crippen molar-refractivity contribution in [3.05, 3.63) is 84.4 Å². The highest BCUT2D eigenvalue weighted by Gasteiger charge is 2.04. The fraction of sp³-hybridized carbons (Fsp3) is 0.182. The van der Waals surface area contributed by atoms with Crippen LogP contribution in [0.1, 0.15) is 18.9 Å². The third-order valence-electron chi connectivity index (χ3n) is 3.92. The van der Waals surface area contributed by atoms with Crippen molar-refractivity contribution in [3.8, 4) is 5.75 Å². The van der Waals surface area contributed by atoms with Crippen molar-refractivity contribution in [2.45, 2.75) is 13.3 Å². The van der Waals surface area contributed by atoms with Crippen molar-refractivity contribution >= 4 is 16.8 Å². The first-order valence-electron chi connectivity index (χ1n) is 8.15. The maximum atomic E-state index is 6.05. The molecule has 0 aliphatic carbocycles. The molecule has 0 saturated carbocycles. The second kappa shape index (κ2) is 7.64. The van der Waals surface area contributed by atoms with Gasteiger partial charge in [-0.25, -0.2) is 0 Å². The molecule has 1 unspecified atom stereocenters. The van der Waals surface area contributed by atoms with Crippen LogP contribution in [-0.4, -0.2) is 6.61 Å². The zero-order valence-electron chi connectivity index (χ0n) is 13.5. The van der Waals surface area contributed by atoms with Gasteiger partial charge in [0.25, 0.3) is 0 Å². The first-order chi connectivity index (χ1) is 11.3. The fourth-order valence-electron chi connectivity index (χ4n) is 2.62. The predicted octanol–water partition coefficient (Wildman–Crippen LogP) is 5.96. The Morgan fingerprint density at radius 2 is 1.61 bits per heavy atom. The molecule has 0 saturated heterocycles. The zero-order chi connectivity index (χ0) is 15.9. The van der Waals surface area contributed by atoms with Crippen molar-refractivity contribution in [1.29, 1.82) is 0 Å². The number of hydrogen-bond donors (Lipinski definition) is 0. The Balaban J connectivity index is 1.56. The molecule has 1 atom stereocenters. The zero-order valence-corrected chi connectivity index (χ0v) is 13.5. The summed E-state index contributed by atoms with van der Waals surface area (Å²) >= 11 is 0. The molecule has 116 valence electrons. The van der Waals surface area contributed by atoms with Gasteiger partial charge in [0, 0.05) is 5.39 Å². The summed E-state index contributed by atoms with van der Waals surface area (Å²) in [4.78, 5) is 0. The summed E-state index contributed by atoms with van der Waals surface area (Å²) in [6, 6.07) is 25.0. The number of hydrogen-bond acceptors (Lipinski definition) is 1. The maximum Gasteiger partial charge on any atom is 0.127 e. The topological polar surface area (TPSA) is 9.23 Å². The largest absolute Gasteiger partial charge is 0.493 e.